The van der Waals surface area contributed by atoms with Crippen molar-refractivity contribution in [2.24, 2.45) is 5.41 Å². The van der Waals surface area contributed by atoms with Crippen LogP contribution in [0.3, 0.4) is 0 Å². The number of benzene rings is 2. The van der Waals surface area contributed by atoms with Gasteiger partial charge in [0.15, 0.2) is 0 Å². The zero-order valence-electron chi connectivity index (χ0n) is 31.1. The molecule has 2 aromatic carbocycles. The molecule has 2 fully saturated rings. The first kappa shape index (κ1) is 39.8. The van der Waals surface area contributed by atoms with E-state index in [0.717, 1.165) is 55.3 Å². The number of aromatic nitrogens is 1. The van der Waals surface area contributed by atoms with Gasteiger partial charge >= 0.3 is 12.1 Å². The number of methoxy groups -OCH3 is 1. The van der Waals surface area contributed by atoms with Crippen LogP contribution in [0.1, 0.15) is 59.4 Å². The van der Waals surface area contributed by atoms with Crippen LogP contribution in [0.15, 0.2) is 76.2 Å². The summed E-state index contributed by atoms with van der Waals surface area (Å²) in [5, 5.41) is 32.7. The van der Waals surface area contributed by atoms with Crippen LogP contribution in [-0.4, -0.2) is 78.2 Å². The first-order valence-electron chi connectivity index (χ1n) is 18.6. The normalized spacial score (nSPS) is 16.4. The molecule has 5 N–H and O–H groups in total. The van der Waals surface area contributed by atoms with Crippen molar-refractivity contribution in [2.75, 3.05) is 45.2 Å². The van der Waals surface area contributed by atoms with E-state index in [0.29, 0.717) is 51.4 Å². The highest BCUT2D eigenvalue weighted by Crippen LogP contribution is 2.51. The summed E-state index contributed by atoms with van der Waals surface area (Å²) in [7, 11) is 1.55. The molecule has 1 unspecified atom stereocenters. The highest BCUT2D eigenvalue weighted by Gasteiger charge is 2.51. The van der Waals surface area contributed by atoms with Gasteiger partial charge in [-0.2, -0.15) is 0 Å². The monoisotopic (exact) mass is 820 g/mol. The van der Waals surface area contributed by atoms with Gasteiger partial charge in [-0.25, -0.2) is 9.59 Å². The molecule has 296 valence electrons. The zero-order chi connectivity index (χ0) is 39.5. The first-order valence-corrected chi connectivity index (χ1v) is 20.7. The van der Waals surface area contributed by atoms with Gasteiger partial charge in [-0.1, -0.05) is 36.7 Å². The number of aromatic amines is 1. The second kappa shape index (κ2) is 17.0. The maximum atomic E-state index is 13.3. The lowest BCUT2D eigenvalue weighted by Gasteiger charge is -2.51. The number of phenolic OH excluding ortho intramolecular Hbond substituents is 1. The fourth-order valence-corrected chi connectivity index (χ4v) is 9.78. The third kappa shape index (κ3) is 8.46. The van der Waals surface area contributed by atoms with Crippen molar-refractivity contribution >= 4 is 62.9 Å². The maximum Gasteiger partial charge on any atom is 0.411 e. The molecule has 1 amide bonds. The fourth-order valence-electron chi connectivity index (χ4n) is 7.83. The molecule has 1 spiro atoms. The average Bonchev–Trinajstić information content (AvgIpc) is 3.93. The Balaban J connectivity index is 0.834. The minimum absolute atomic E-state index is 0.0248. The number of ether oxygens (including phenoxy) is 3. The summed E-state index contributed by atoms with van der Waals surface area (Å²) in [5.74, 6) is 0.00797. The van der Waals surface area contributed by atoms with Crippen molar-refractivity contribution in [1.82, 2.24) is 15.2 Å². The number of carbonyl (C=O) groups excluding carboxylic acids is 2. The molecule has 1 saturated carbocycles. The molecule has 1 aliphatic heterocycles. The summed E-state index contributed by atoms with van der Waals surface area (Å²) in [6.07, 6.45) is 2.63. The summed E-state index contributed by atoms with van der Waals surface area (Å²) in [6.45, 7) is 5.60. The number of fused-ring (bicyclic) bond motifs is 1. The number of pyridine rings is 1. The molecule has 1 aliphatic carbocycles. The summed E-state index contributed by atoms with van der Waals surface area (Å²) < 4.78 is 17.0. The van der Waals surface area contributed by atoms with Crippen LogP contribution in [0.4, 0.5) is 10.5 Å². The Morgan fingerprint density at radius 1 is 1.07 bits per heavy atom. The average molecular weight is 821 g/mol. The lowest BCUT2D eigenvalue weighted by Crippen LogP contribution is -2.52. The molecule has 2 aliphatic rings. The largest absolute Gasteiger partial charge is 0.506 e. The summed E-state index contributed by atoms with van der Waals surface area (Å²) >= 11 is 9.26. The van der Waals surface area contributed by atoms with E-state index in [2.05, 4.69) is 27.4 Å². The van der Waals surface area contributed by atoms with Gasteiger partial charge in [0.2, 0.25) is 11.2 Å². The number of phenols is 1. The SMILES string of the molecule is COc1cc(NC(=O)OCCN2CCC3(CC2)CC(OC(=O)C(O)(c2cccs2)c2cccs2)C3)c(Cl)cc1CNCC(C)c1ccc(O)c2[nH]c(=O)ccc12. The molecule has 56 heavy (non-hydrogen) atoms. The van der Waals surface area contributed by atoms with Crippen LogP contribution in [0.5, 0.6) is 11.5 Å². The number of aromatic hydroxyl groups is 1. The minimum atomic E-state index is -1.79. The van der Waals surface area contributed by atoms with Gasteiger partial charge in [0.1, 0.15) is 24.2 Å². The van der Waals surface area contributed by atoms with Crippen molar-refractivity contribution < 1.29 is 34.0 Å². The standard InChI is InChI=1S/C41H45ClN4O8S2/c1-25(28-7-9-32(47)37-29(28)8-10-36(48)45-37)23-43-24-26-19-30(42)31(20-33(26)52-2)44-39(50)53-16-15-46-13-11-40(12-14-46)21-27(22-40)54-38(49)41(51,34-5-3-17-55-34)35-6-4-18-56-35/h3-10,17-20,25,27,43,47,51H,11-16,21-24H2,1-2H3,(H,44,50)(H,45,48). The van der Waals surface area contributed by atoms with Crippen molar-refractivity contribution in [1.29, 1.82) is 0 Å². The number of thiophene rings is 2. The van der Waals surface area contributed by atoms with Crippen LogP contribution in [0.25, 0.3) is 10.9 Å². The number of anilines is 1. The lowest BCUT2D eigenvalue weighted by molar-refractivity contribution is -0.181. The number of hydrogen-bond acceptors (Lipinski definition) is 12. The highest BCUT2D eigenvalue weighted by atomic mass is 35.5. The number of H-pyrrole nitrogens is 1. The van der Waals surface area contributed by atoms with Crippen LogP contribution in [-0.2, 0) is 26.4 Å². The second-order valence-corrected chi connectivity index (χ2v) is 17.0. The van der Waals surface area contributed by atoms with Gasteiger partial charge in [-0.15, -0.1) is 22.7 Å². The highest BCUT2D eigenvalue weighted by molar-refractivity contribution is 7.12. The van der Waals surface area contributed by atoms with E-state index in [1.165, 1.54) is 28.7 Å². The minimum Gasteiger partial charge on any atom is -0.506 e. The molecule has 1 atom stereocenters. The molecule has 4 heterocycles. The van der Waals surface area contributed by atoms with Crippen LogP contribution >= 0.6 is 34.3 Å². The van der Waals surface area contributed by atoms with Gasteiger partial charge in [0.05, 0.1) is 33.1 Å². The van der Waals surface area contributed by atoms with Gasteiger partial charge < -0.3 is 34.7 Å². The molecule has 0 bridgehead atoms. The number of hydrogen-bond donors (Lipinski definition) is 5. The third-order valence-electron chi connectivity index (χ3n) is 11.0. The van der Waals surface area contributed by atoms with Crippen molar-refractivity contribution in [3.8, 4) is 11.5 Å². The lowest BCUT2D eigenvalue weighted by atomic mass is 9.61. The number of carbonyl (C=O) groups is 2. The Morgan fingerprint density at radius 2 is 1.79 bits per heavy atom. The molecule has 12 nitrogen and oxygen atoms in total. The van der Waals surface area contributed by atoms with E-state index in [-0.39, 0.29) is 35.4 Å². The predicted octanol–water partition coefficient (Wildman–Crippen LogP) is 7.18. The van der Waals surface area contributed by atoms with E-state index in [4.69, 9.17) is 25.8 Å². The Labute approximate surface area is 337 Å². The van der Waals surface area contributed by atoms with E-state index in [9.17, 15) is 24.6 Å². The smallest absolute Gasteiger partial charge is 0.411 e. The molecule has 7 rings (SSSR count). The number of likely N-dealkylation sites (tertiary alicyclic amines) is 1. The zero-order valence-corrected chi connectivity index (χ0v) is 33.5. The number of piperidine rings is 1. The fraction of sp³-hybridized carbons (Fsp3) is 0.390. The Bertz CT molecular complexity index is 2180. The number of rotatable bonds is 14. The van der Waals surface area contributed by atoms with E-state index < -0.39 is 17.7 Å². The third-order valence-corrected chi connectivity index (χ3v) is 13.3. The quantitative estimate of drug-likeness (QED) is 0.0726. The summed E-state index contributed by atoms with van der Waals surface area (Å²) in [6, 6.07) is 17.2. The van der Waals surface area contributed by atoms with E-state index >= 15 is 0 Å². The Hall–Kier alpha value is -4.44. The number of esters is 1. The predicted molar refractivity (Wildman–Crippen MR) is 218 cm³/mol. The van der Waals surface area contributed by atoms with E-state index in [1.54, 1.807) is 43.5 Å². The molecule has 1 saturated heterocycles. The number of halogens is 1. The molecule has 15 heteroatoms. The van der Waals surface area contributed by atoms with Crippen LogP contribution in [0, 0.1) is 5.41 Å². The summed E-state index contributed by atoms with van der Waals surface area (Å²) in [4.78, 5) is 44.0. The van der Waals surface area contributed by atoms with Gasteiger partial charge in [0.25, 0.3) is 0 Å². The molecular weight excluding hydrogens is 776 g/mol. The van der Waals surface area contributed by atoms with Crippen LogP contribution in [0.2, 0.25) is 5.02 Å². The number of nitrogens with zero attached hydrogens (tertiary/aromatic N) is 1. The topological polar surface area (TPSA) is 162 Å². The first-order chi connectivity index (χ1) is 27.0. The van der Waals surface area contributed by atoms with Crippen molar-refractivity contribution in [3.05, 3.63) is 108 Å². The van der Waals surface area contributed by atoms with Gasteiger partial charge in [-0.3, -0.25) is 15.0 Å². The maximum absolute atomic E-state index is 13.3. The van der Waals surface area contributed by atoms with Gasteiger partial charge in [-0.05, 0) is 96.8 Å². The Kier molecular flexibility index (Phi) is 12.1. The number of nitrogens with one attached hydrogen (secondary N) is 3. The summed E-state index contributed by atoms with van der Waals surface area (Å²) in [5.41, 5.74) is 0.622. The number of aliphatic hydroxyl groups is 1. The van der Waals surface area contributed by atoms with Crippen molar-refractivity contribution in [3.63, 3.8) is 0 Å². The molecule has 5 aromatic rings. The second-order valence-electron chi connectivity index (χ2n) is 14.7. The van der Waals surface area contributed by atoms with Crippen LogP contribution < -0.4 is 20.9 Å². The number of amides is 1. The molecule has 0 radical (unpaired) electrons. The van der Waals surface area contributed by atoms with Crippen molar-refractivity contribution in [2.45, 2.75) is 56.8 Å². The van der Waals surface area contributed by atoms with E-state index in [1.807, 2.05) is 29.0 Å². The molecule has 3 aromatic heterocycles. The Morgan fingerprint density at radius 3 is 2.45 bits per heavy atom. The van der Waals surface area contributed by atoms with Gasteiger partial charge in [0, 0.05) is 42.7 Å². The molecular formula is C41H45ClN4O8S2.